The summed E-state index contributed by atoms with van der Waals surface area (Å²) in [5.41, 5.74) is 0. The number of carbonyl (C=O) groups is 1. The lowest BCUT2D eigenvalue weighted by atomic mass is 10.1. The minimum atomic E-state index is -0.0714. The van der Waals surface area contributed by atoms with E-state index in [0.717, 1.165) is 38.8 Å². The number of hydrogen-bond acceptors (Lipinski definition) is 4. The summed E-state index contributed by atoms with van der Waals surface area (Å²) in [5.74, 6) is -0.0714. The molecule has 4 nitrogen and oxygen atoms in total. The molecule has 1 fully saturated rings. The molecule has 0 aromatic carbocycles. The summed E-state index contributed by atoms with van der Waals surface area (Å²) in [7, 11) is 5.70. The standard InChI is InChI=1S/C13H26N2O2/c1-5-6-7-12(13(16)17-4)15-9-8-11(10-15)14(2)3/h11-12H,5-10H2,1-4H3. The summed E-state index contributed by atoms with van der Waals surface area (Å²) >= 11 is 0. The summed E-state index contributed by atoms with van der Waals surface area (Å²) in [6, 6.07) is 0.536. The predicted octanol–water partition coefficient (Wildman–Crippen LogP) is 1.35. The highest BCUT2D eigenvalue weighted by Gasteiger charge is 2.33. The van der Waals surface area contributed by atoms with Gasteiger partial charge in [-0.25, -0.2) is 0 Å². The van der Waals surface area contributed by atoms with Crippen molar-refractivity contribution in [3.05, 3.63) is 0 Å². The fraction of sp³-hybridized carbons (Fsp3) is 0.923. The minimum Gasteiger partial charge on any atom is -0.468 e. The second-order valence-electron chi connectivity index (χ2n) is 5.08. The van der Waals surface area contributed by atoms with Crippen LogP contribution in [0, 0.1) is 0 Å². The van der Waals surface area contributed by atoms with Gasteiger partial charge in [0.2, 0.25) is 0 Å². The van der Waals surface area contributed by atoms with Crippen LogP contribution in [0.3, 0.4) is 0 Å². The van der Waals surface area contributed by atoms with Crippen molar-refractivity contribution < 1.29 is 9.53 Å². The third kappa shape index (κ3) is 3.96. The maximum atomic E-state index is 11.8. The van der Waals surface area contributed by atoms with Gasteiger partial charge in [0, 0.05) is 19.1 Å². The topological polar surface area (TPSA) is 32.8 Å². The van der Waals surface area contributed by atoms with Crippen LogP contribution < -0.4 is 0 Å². The van der Waals surface area contributed by atoms with Gasteiger partial charge in [-0.1, -0.05) is 19.8 Å². The fourth-order valence-corrected chi connectivity index (χ4v) is 2.46. The van der Waals surface area contributed by atoms with Crippen LogP contribution in [0.25, 0.3) is 0 Å². The molecular formula is C13H26N2O2. The van der Waals surface area contributed by atoms with E-state index in [1.165, 1.54) is 7.11 Å². The SMILES string of the molecule is CCCCC(C(=O)OC)N1CCC(N(C)C)C1. The number of hydrogen-bond donors (Lipinski definition) is 0. The van der Waals surface area contributed by atoms with Crippen molar-refractivity contribution in [1.82, 2.24) is 9.80 Å². The largest absolute Gasteiger partial charge is 0.468 e. The van der Waals surface area contributed by atoms with Gasteiger partial charge in [-0.15, -0.1) is 0 Å². The molecule has 100 valence electrons. The Morgan fingerprint density at radius 1 is 1.53 bits per heavy atom. The minimum absolute atomic E-state index is 0.0371. The quantitative estimate of drug-likeness (QED) is 0.658. The molecule has 2 atom stereocenters. The van der Waals surface area contributed by atoms with Gasteiger partial charge in [-0.2, -0.15) is 0 Å². The lowest BCUT2D eigenvalue weighted by Crippen LogP contribution is -2.42. The van der Waals surface area contributed by atoms with E-state index in [1.807, 2.05) is 0 Å². The van der Waals surface area contributed by atoms with Crippen LogP contribution in [0.5, 0.6) is 0 Å². The summed E-state index contributed by atoms with van der Waals surface area (Å²) < 4.78 is 4.92. The zero-order valence-electron chi connectivity index (χ0n) is 11.6. The average molecular weight is 242 g/mol. The van der Waals surface area contributed by atoms with Crippen LogP contribution in [0.1, 0.15) is 32.6 Å². The van der Waals surface area contributed by atoms with E-state index in [0.29, 0.717) is 6.04 Å². The number of likely N-dealkylation sites (N-methyl/N-ethyl adjacent to an activating group) is 1. The number of rotatable bonds is 6. The molecule has 1 rings (SSSR count). The molecule has 0 aromatic rings. The molecule has 0 aliphatic carbocycles. The van der Waals surface area contributed by atoms with E-state index in [9.17, 15) is 4.79 Å². The van der Waals surface area contributed by atoms with Crippen molar-refractivity contribution in [3.63, 3.8) is 0 Å². The monoisotopic (exact) mass is 242 g/mol. The number of likely N-dealkylation sites (tertiary alicyclic amines) is 1. The van der Waals surface area contributed by atoms with E-state index in [4.69, 9.17) is 4.74 Å². The highest BCUT2D eigenvalue weighted by Crippen LogP contribution is 2.20. The van der Waals surface area contributed by atoms with Crippen LogP contribution in [0.4, 0.5) is 0 Å². The van der Waals surface area contributed by atoms with Gasteiger partial charge < -0.3 is 9.64 Å². The number of unbranched alkanes of at least 4 members (excludes halogenated alkanes) is 1. The Bertz CT molecular complexity index is 244. The molecule has 1 saturated heterocycles. The molecule has 1 aliphatic heterocycles. The molecule has 0 N–H and O–H groups in total. The van der Waals surface area contributed by atoms with Gasteiger partial charge >= 0.3 is 5.97 Å². The van der Waals surface area contributed by atoms with Crippen molar-refractivity contribution >= 4 is 5.97 Å². The fourth-order valence-electron chi connectivity index (χ4n) is 2.46. The molecule has 4 heteroatoms. The lowest BCUT2D eigenvalue weighted by Gasteiger charge is -2.26. The first-order valence-corrected chi connectivity index (χ1v) is 6.58. The Morgan fingerprint density at radius 2 is 2.24 bits per heavy atom. The van der Waals surface area contributed by atoms with Gasteiger partial charge in [-0.3, -0.25) is 9.69 Å². The van der Waals surface area contributed by atoms with E-state index in [1.54, 1.807) is 0 Å². The molecule has 0 saturated carbocycles. The molecule has 0 bridgehead atoms. The van der Waals surface area contributed by atoms with Crippen molar-refractivity contribution in [2.45, 2.75) is 44.7 Å². The third-order valence-corrected chi connectivity index (χ3v) is 3.67. The molecule has 0 spiro atoms. The molecule has 2 unspecified atom stereocenters. The van der Waals surface area contributed by atoms with Gasteiger partial charge in [-0.05, 0) is 26.9 Å². The normalized spacial score (nSPS) is 23.0. The number of methoxy groups -OCH3 is 1. The Morgan fingerprint density at radius 3 is 2.71 bits per heavy atom. The molecule has 0 amide bonds. The third-order valence-electron chi connectivity index (χ3n) is 3.67. The Kier molecular flexibility index (Phi) is 5.92. The van der Waals surface area contributed by atoms with Crippen molar-refractivity contribution in [2.75, 3.05) is 34.3 Å². The van der Waals surface area contributed by atoms with Crippen LogP contribution in [-0.2, 0) is 9.53 Å². The predicted molar refractivity (Wildman–Crippen MR) is 69.0 cm³/mol. The van der Waals surface area contributed by atoms with E-state index >= 15 is 0 Å². The number of esters is 1. The van der Waals surface area contributed by atoms with Gasteiger partial charge in [0.25, 0.3) is 0 Å². The summed E-state index contributed by atoms with van der Waals surface area (Å²) in [6.45, 7) is 4.14. The summed E-state index contributed by atoms with van der Waals surface area (Å²) in [6.07, 6.45) is 4.28. The zero-order valence-corrected chi connectivity index (χ0v) is 11.6. The Hall–Kier alpha value is -0.610. The maximum Gasteiger partial charge on any atom is 0.323 e. The molecule has 0 radical (unpaired) electrons. The first kappa shape index (κ1) is 14.5. The van der Waals surface area contributed by atoms with Gasteiger partial charge in [0.15, 0.2) is 0 Å². The second-order valence-corrected chi connectivity index (χ2v) is 5.08. The molecular weight excluding hydrogens is 216 g/mol. The maximum absolute atomic E-state index is 11.8. The van der Waals surface area contributed by atoms with E-state index in [2.05, 4.69) is 30.8 Å². The highest BCUT2D eigenvalue weighted by atomic mass is 16.5. The van der Waals surface area contributed by atoms with E-state index < -0.39 is 0 Å². The summed E-state index contributed by atoms with van der Waals surface area (Å²) in [4.78, 5) is 16.3. The van der Waals surface area contributed by atoms with Crippen LogP contribution in [0.15, 0.2) is 0 Å². The average Bonchev–Trinajstić information content (AvgIpc) is 2.78. The number of nitrogens with zero attached hydrogens (tertiary/aromatic N) is 2. The summed E-state index contributed by atoms with van der Waals surface area (Å²) in [5, 5.41) is 0. The van der Waals surface area contributed by atoms with Crippen LogP contribution >= 0.6 is 0 Å². The van der Waals surface area contributed by atoms with Crippen LogP contribution in [0.2, 0.25) is 0 Å². The van der Waals surface area contributed by atoms with E-state index in [-0.39, 0.29) is 12.0 Å². The zero-order chi connectivity index (χ0) is 12.8. The first-order chi connectivity index (χ1) is 8.10. The number of carbonyl (C=O) groups excluding carboxylic acids is 1. The molecule has 17 heavy (non-hydrogen) atoms. The smallest absolute Gasteiger partial charge is 0.323 e. The lowest BCUT2D eigenvalue weighted by molar-refractivity contribution is -0.147. The molecule has 0 aromatic heterocycles. The van der Waals surface area contributed by atoms with Gasteiger partial charge in [0.05, 0.1) is 7.11 Å². The van der Waals surface area contributed by atoms with Crippen molar-refractivity contribution in [3.8, 4) is 0 Å². The van der Waals surface area contributed by atoms with Crippen molar-refractivity contribution in [1.29, 1.82) is 0 Å². The first-order valence-electron chi connectivity index (χ1n) is 6.58. The molecule has 1 aliphatic rings. The van der Waals surface area contributed by atoms with Crippen LogP contribution in [-0.4, -0.2) is 62.1 Å². The molecule has 1 heterocycles. The number of ether oxygens (including phenoxy) is 1. The Labute approximate surface area is 105 Å². The second kappa shape index (κ2) is 6.97. The van der Waals surface area contributed by atoms with Gasteiger partial charge in [0.1, 0.15) is 6.04 Å². The Balaban J connectivity index is 2.55. The highest BCUT2D eigenvalue weighted by molar-refractivity contribution is 5.75. The van der Waals surface area contributed by atoms with Crippen molar-refractivity contribution in [2.24, 2.45) is 0 Å².